The van der Waals surface area contributed by atoms with Gasteiger partial charge in [0.25, 0.3) is 0 Å². The second-order valence-corrected chi connectivity index (χ2v) is 6.21. The maximum absolute atomic E-state index is 13.2. The summed E-state index contributed by atoms with van der Waals surface area (Å²) in [5.74, 6) is 0.0932. The number of aromatic nitrogens is 3. The van der Waals surface area contributed by atoms with Gasteiger partial charge in [-0.15, -0.1) is 0 Å². The number of ether oxygens (including phenoxy) is 1. The molecular weight excluding hydrogens is 319 g/mol. The molecule has 1 fully saturated rings. The van der Waals surface area contributed by atoms with Crippen LogP contribution in [0.5, 0.6) is 0 Å². The summed E-state index contributed by atoms with van der Waals surface area (Å²) in [5, 5.41) is 7.09. The predicted octanol–water partition coefficient (Wildman–Crippen LogP) is 1.51. The van der Waals surface area contributed by atoms with Gasteiger partial charge in [0.2, 0.25) is 5.91 Å². The number of nitrogens with one attached hydrogen (secondary N) is 1. The molecule has 8 heteroatoms. The number of hydrogen-bond donors (Lipinski definition) is 1. The highest BCUT2D eigenvalue weighted by atomic mass is 32.2. The van der Waals surface area contributed by atoms with Crippen molar-refractivity contribution in [1.82, 2.24) is 20.1 Å². The van der Waals surface area contributed by atoms with E-state index in [0.29, 0.717) is 37.0 Å². The van der Waals surface area contributed by atoms with Crippen LogP contribution in [0.15, 0.2) is 35.7 Å². The SMILES string of the molecule is O=C(CSc1ncn[nH]1)N1CCO[C@@H](Cc2cccc(F)c2)C1. The summed E-state index contributed by atoms with van der Waals surface area (Å²) in [4.78, 5) is 18.0. The number of hydrogen-bond acceptors (Lipinski definition) is 5. The summed E-state index contributed by atoms with van der Waals surface area (Å²) >= 11 is 1.33. The largest absolute Gasteiger partial charge is 0.374 e. The number of halogens is 1. The molecule has 1 aliphatic heterocycles. The standard InChI is InChI=1S/C15H17FN4O2S/c16-12-3-1-2-11(6-12)7-13-8-20(4-5-22-13)14(21)9-23-15-17-10-18-19-15/h1-3,6,10,13H,4-5,7-9H2,(H,17,18,19)/t13-/m0/s1. The first kappa shape index (κ1) is 15.9. The lowest BCUT2D eigenvalue weighted by atomic mass is 10.1. The molecule has 122 valence electrons. The molecule has 6 nitrogen and oxygen atoms in total. The van der Waals surface area contributed by atoms with E-state index in [4.69, 9.17) is 4.74 Å². The van der Waals surface area contributed by atoms with Gasteiger partial charge in [-0.25, -0.2) is 9.37 Å². The van der Waals surface area contributed by atoms with Gasteiger partial charge in [-0.1, -0.05) is 23.9 Å². The number of rotatable bonds is 5. The van der Waals surface area contributed by atoms with E-state index >= 15 is 0 Å². The predicted molar refractivity (Wildman–Crippen MR) is 83.5 cm³/mol. The van der Waals surface area contributed by atoms with Crippen molar-refractivity contribution < 1.29 is 13.9 Å². The van der Waals surface area contributed by atoms with Gasteiger partial charge in [0, 0.05) is 19.5 Å². The quantitative estimate of drug-likeness (QED) is 0.838. The maximum atomic E-state index is 13.2. The number of amides is 1. The fourth-order valence-electron chi connectivity index (χ4n) is 2.48. The Bertz CT molecular complexity index is 653. The molecule has 2 aromatic rings. The number of thioether (sulfide) groups is 1. The first-order valence-electron chi connectivity index (χ1n) is 7.32. The smallest absolute Gasteiger partial charge is 0.233 e. The number of carbonyl (C=O) groups excluding carboxylic acids is 1. The van der Waals surface area contributed by atoms with E-state index in [-0.39, 0.29) is 17.8 Å². The Morgan fingerprint density at radius 3 is 3.22 bits per heavy atom. The van der Waals surface area contributed by atoms with E-state index in [2.05, 4.69) is 15.2 Å². The molecule has 0 bridgehead atoms. The van der Waals surface area contributed by atoms with Gasteiger partial charge in [0.15, 0.2) is 5.16 Å². The van der Waals surface area contributed by atoms with Crippen LogP contribution in [-0.2, 0) is 16.0 Å². The Hall–Kier alpha value is -1.93. The fourth-order valence-corrected chi connectivity index (χ4v) is 3.16. The second kappa shape index (κ2) is 7.56. The van der Waals surface area contributed by atoms with Gasteiger partial charge >= 0.3 is 0 Å². The zero-order chi connectivity index (χ0) is 16.1. The molecule has 1 atom stereocenters. The van der Waals surface area contributed by atoms with Crippen LogP contribution < -0.4 is 0 Å². The monoisotopic (exact) mass is 336 g/mol. The minimum absolute atomic E-state index is 0.0407. The molecule has 23 heavy (non-hydrogen) atoms. The highest BCUT2D eigenvalue weighted by Crippen LogP contribution is 2.16. The van der Waals surface area contributed by atoms with Crippen LogP contribution >= 0.6 is 11.8 Å². The van der Waals surface area contributed by atoms with Gasteiger partial charge in [0.1, 0.15) is 12.1 Å². The van der Waals surface area contributed by atoms with Crippen LogP contribution in [0, 0.1) is 5.82 Å². The highest BCUT2D eigenvalue weighted by molar-refractivity contribution is 7.99. The molecule has 0 radical (unpaired) electrons. The molecule has 3 rings (SSSR count). The lowest BCUT2D eigenvalue weighted by Gasteiger charge is -2.33. The Labute approximate surface area is 137 Å². The van der Waals surface area contributed by atoms with E-state index < -0.39 is 0 Å². The molecule has 0 aliphatic carbocycles. The van der Waals surface area contributed by atoms with E-state index in [1.807, 2.05) is 6.07 Å². The average Bonchev–Trinajstić information content (AvgIpc) is 3.06. The Morgan fingerprint density at radius 2 is 2.43 bits per heavy atom. The van der Waals surface area contributed by atoms with Crippen molar-refractivity contribution in [1.29, 1.82) is 0 Å². The molecule has 1 aromatic heterocycles. The Balaban J connectivity index is 1.52. The van der Waals surface area contributed by atoms with Crippen molar-refractivity contribution >= 4 is 17.7 Å². The molecule has 1 aliphatic rings. The topological polar surface area (TPSA) is 71.1 Å². The summed E-state index contributed by atoms with van der Waals surface area (Å²) < 4.78 is 18.9. The minimum atomic E-state index is -0.255. The van der Waals surface area contributed by atoms with Gasteiger partial charge < -0.3 is 9.64 Å². The Morgan fingerprint density at radius 1 is 1.52 bits per heavy atom. The fraction of sp³-hybridized carbons (Fsp3) is 0.400. The van der Waals surface area contributed by atoms with E-state index in [1.165, 1.54) is 30.2 Å². The van der Waals surface area contributed by atoms with Gasteiger partial charge in [0.05, 0.1) is 18.5 Å². The summed E-state index contributed by atoms with van der Waals surface area (Å²) in [7, 11) is 0. The van der Waals surface area contributed by atoms with Crippen molar-refractivity contribution in [3.05, 3.63) is 42.0 Å². The third kappa shape index (κ3) is 4.52. The first-order valence-corrected chi connectivity index (χ1v) is 8.31. The molecule has 0 unspecified atom stereocenters. The van der Waals surface area contributed by atoms with E-state index in [9.17, 15) is 9.18 Å². The van der Waals surface area contributed by atoms with E-state index in [1.54, 1.807) is 11.0 Å². The summed E-state index contributed by atoms with van der Waals surface area (Å²) in [6, 6.07) is 6.48. The van der Waals surface area contributed by atoms with Crippen LogP contribution in [0.25, 0.3) is 0 Å². The first-order chi connectivity index (χ1) is 11.2. The zero-order valence-corrected chi connectivity index (χ0v) is 13.3. The molecule has 2 heterocycles. The van der Waals surface area contributed by atoms with Crippen molar-refractivity contribution in [3.8, 4) is 0 Å². The van der Waals surface area contributed by atoms with Crippen LogP contribution in [0.1, 0.15) is 5.56 Å². The van der Waals surface area contributed by atoms with Crippen LogP contribution in [0.4, 0.5) is 4.39 Å². The normalized spacial score (nSPS) is 18.1. The lowest BCUT2D eigenvalue weighted by Crippen LogP contribution is -2.47. The highest BCUT2D eigenvalue weighted by Gasteiger charge is 2.24. The number of morpholine rings is 1. The average molecular weight is 336 g/mol. The molecule has 0 saturated carbocycles. The molecule has 1 N–H and O–H groups in total. The lowest BCUT2D eigenvalue weighted by molar-refractivity contribution is -0.135. The van der Waals surface area contributed by atoms with Gasteiger partial charge in [-0.2, -0.15) is 5.10 Å². The van der Waals surface area contributed by atoms with Crippen molar-refractivity contribution in [3.63, 3.8) is 0 Å². The minimum Gasteiger partial charge on any atom is -0.374 e. The van der Waals surface area contributed by atoms with Gasteiger partial charge in [-0.05, 0) is 17.7 Å². The maximum Gasteiger partial charge on any atom is 0.233 e. The van der Waals surface area contributed by atoms with Crippen molar-refractivity contribution in [2.45, 2.75) is 17.7 Å². The van der Waals surface area contributed by atoms with E-state index in [0.717, 1.165) is 5.56 Å². The second-order valence-electron chi connectivity index (χ2n) is 5.25. The van der Waals surface area contributed by atoms with Crippen molar-refractivity contribution in [2.75, 3.05) is 25.4 Å². The molecule has 1 amide bonds. The number of carbonyl (C=O) groups is 1. The Kier molecular flexibility index (Phi) is 5.24. The summed E-state index contributed by atoms with van der Waals surface area (Å²) in [6.45, 7) is 1.60. The number of H-pyrrole nitrogens is 1. The number of aromatic amines is 1. The van der Waals surface area contributed by atoms with Crippen LogP contribution in [-0.4, -0.2) is 57.5 Å². The number of benzene rings is 1. The molecule has 1 saturated heterocycles. The van der Waals surface area contributed by atoms with Crippen LogP contribution in [0.3, 0.4) is 0 Å². The zero-order valence-electron chi connectivity index (χ0n) is 12.4. The third-order valence-corrected chi connectivity index (χ3v) is 4.43. The molecule has 1 aromatic carbocycles. The summed E-state index contributed by atoms with van der Waals surface area (Å²) in [5.41, 5.74) is 0.875. The number of nitrogens with zero attached hydrogens (tertiary/aromatic N) is 3. The van der Waals surface area contributed by atoms with Gasteiger partial charge in [-0.3, -0.25) is 9.89 Å². The molecular formula is C15H17FN4O2S. The van der Waals surface area contributed by atoms with Crippen LogP contribution in [0.2, 0.25) is 0 Å². The summed E-state index contributed by atoms with van der Waals surface area (Å²) in [6.07, 6.45) is 1.90. The van der Waals surface area contributed by atoms with Crippen molar-refractivity contribution in [2.24, 2.45) is 0 Å². The molecule has 0 spiro atoms. The third-order valence-electron chi connectivity index (χ3n) is 3.57.